The van der Waals surface area contributed by atoms with Gasteiger partial charge < -0.3 is 10.4 Å². The number of carbonyl (C=O) groups is 2. The fraction of sp³-hybridized carbons (Fsp3) is 0.462. The normalized spacial score (nSPS) is 22.7. The van der Waals surface area contributed by atoms with E-state index in [0.717, 1.165) is 5.69 Å². The quantitative estimate of drug-likeness (QED) is 0.839. The van der Waals surface area contributed by atoms with Gasteiger partial charge in [0.05, 0.1) is 18.2 Å². The molecule has 2 N–H and O–H groups in total. The van der Waals surface area contributed by atoms with Crippen molar-refractivity contribution in [1.82, 2.24) is 10.3 Å². The summed E-state index contributed by atoms with van der Waals surface area (Å²) in [5, 5.41) is 11.7. The van der Waals surface area contributed by atoms with Gasteiger partial charge in [-0.1, -0.05) is 6.07 Å². The molecule has 1 aliphatic rings. The molecule has 1 heterocycles. The lowest BCUT2D eigenvalue weighted by Gasteiger charge is -2.10. The van der Waals surface area contributed by atoms with Crippen LogP contribution < -0.4 is 5.32 Å². The van der Waals surface area contributed by atoms with Gasteiger partial charge in [-0.3, -0.25) is 14.6 Å². The Morgan fingerprint density at radius 1 is 1.33 bits per heavy atom. The van der Waals surface area contributed by atoms with Crippen LogP contribution in [-0.4, -0.2) is 22.0 Å². The first-order chi connectivity index (χ1) is 8.66. The second-order valence-electron chi connectivity index (χ2n) is 4.58. The second kappa shape index (κ2) is 5.62. The highest BCUT2D eigenvalue weighted by molar-refractivity contribution is 5.80. The van der Waals surface area contributed by atoms with Gasteiger partial charge in [0, 0.05) is 12.1 Å². The van der Waals surface area contributed by atoms with E-state index >= 15 is 0 Å². The van der Waals surface area contributed by atoms with Crippen molar-refractivity contribution in [2.45, 2.75) is 25.8 Å². The first-order valence-corrected chi connectivity index (χ1v) is 6.07. The summed E-state index contributed by atoms with van der Waals surface area (Å²) >= 11 is 0. The largest absolute Gasteiger partial charge is 0.481 e. The SMILES string of the molecule is O=C(O)[C@H]1CC[C@@H](C(=O)NCc2ccccn2)C1. The van der Waals surface area contributed by atoms with Gasteiger partial charge in [0.1, 0.15) is 0 Å². The van der Waals surface area contributed by atoms with Gasteiger partial charge in [-0.2, -0.15) is 0 Å². The van der Waals surface area contributed by atoms with Crippen molar-refractivity contribution in [2.24, 2.45) is 11.8 Å². The highest BCUT2D eigenvalue weighted by Gasteiger charge is 2.33. The van der Waals surface area contributed by atoms with Crippen molar-refractivity contribution in [2.75, 3.05) is 0 Å². The number of aliphatic carboxylic acids is 1. The van der Waals surface area contributed by atoms with E-state index in [-0.39, 0.29) is 17.7 Å². The Hall–Kier alpha value is -1.91. The average Bonchev–Trinajstić information content (AvgIpc) is 2.87. The number of amides is 1. The Balaban J connectivity index is 1.81. The molecule has 0 bridgehead atoms. The number of aromatic nitrogens is 1. The lowest BCUT2D eigenvalue weighted by molar-refractivity contribution is -0.141. The third kappa shape index (κ3) is 3.06. The molecule has 1 saturated carbocycles. The summed E-state index contributed by atoms with van der Waals surface area (Å²) in [6.07, 6.45) is 3.38. The standard InChI is InChI=1S/C13H16N2O3/c16-12(9-4-5-10(7-9)13(17)18)15-8-11-3-1-2-6-14-11/h1-3,6,9-10H,4-5,7-8H2,(H,15,16)(H,17,18)/t9-,10+/m1/s1. The van der Waals surface area contributed by atoms with Gasteiger partial charge in [0.2, 0.25) is 5.91 Å². The van der Waals surface area contributed by atoms with Crippen molar-refractivity contribution in [1.29, 1.82) is 0 Å². The Morgan fingerprint density at radius 3 is 2.72 bits per heavy atom. The van der Waals surface area contributed by atoms with Crippen molar-refractivity contribution in [3.05, 3.63) is 30.1 Å². The van der Waals surface area contributed by atoms with E-state index in [1.54, 1.807) is 6.20 Å². The van der Waals surface area contributed by atoms with Crippen LogP contribution in [0.4, 0.5) is 0 Å². The molecule has 2 rings (SSSR count). The molecular formula is C13H16N2O3. The third-order valence-electron chi connectivity index (χ3n) is 3.32. The number of hydrogen-bond acceptors (Lipinski definition) is 3. The summed E-state index contributed by atoms with van der Waals surface area (Å²) in [6, 6.07) is 5.53. The van der Waals surface area contributed by atoms with E-state index in [1.165, 1.54) is 0 Å². The number of carbonyl (C=O) groups excluding carboxylic acids is 1. The van der Waals surface area contributed by atoms with Gasteiger partial charge in [-0.25, -0.2) is 0 Å². The van der Waals surface area contributed by atoms with Crippen LogP contribution in [0.2, 0.25) is 0 Å². The van der Waals surface area contributed by atoms with Crippen molar-refractivity contribution < 1.29 is 14.7 Å². The van der Waals surface area contributed by atoms with Crippen molar-refractivity contribution >= 4 is 11.9 Å². The van der Waals surface area contributed by atoms with E-state index in [4.69, 9.17) is 5.11 Å². The number of carboxylic acid groups (broad SMARTS) is 1. The predicted octanol–water partition coefficient (Wildman–Crippen LogP) is 1.20. The Morgan fingerprint density at radius 2 is 2.11 bits per heavy atom. The summed E-state index contributed by atoms with van der Waals surface area (Å²) in [5.41, 5.74) is 0.804. The number of carboxylic acids is 1. The van der Waals surface area contributed by atoms with Gasteiger partial charge in [0.25, 0.3) is 0 Å². The molecule has 1 aromatic rings. The van der Waals surface area contributed by atoms with E-state index in [1.807, 2.05) is 18.2 Å². The molecule has 1 amide bonds. The molecular weight excluding hydrogens is 232 g/mol. The molecule has 5 heteroatoms. The molecule has 0 unspecified atom stereocenters. The molecule has 0 aliphatic heterocycles. The molecule has 18 heavy (non-hydrogen) atoms. The lowest BCUT2D eigenvalue weighted by atomic mass is 10.0. The molecule has 0 spiro atoms. The number of pyridine rings is 1. The van der Waals surface area contributed by atoms with Gasteiger partial charge in [0.15, 0.2) is 0 Å². The van der Waals surface area contributed by atoms with Crippen LogP contribution in [0.15, 0.2) is 24.4 Å². The van der Waals surface area contributed by atoms with E-state index in [2.05, 4.69) is 10.3 Å². The van der Waals surface area contributed by atoms with Crippen LogP contribution in [0.1, 0.15) is 25.0 Å². The van der Waals surface area contributed by atoms with Crippen LogP contribution in [0.3, 0.4) is 0 Å². The predicted molar refractivity (Wildman–Crippen MR) is 64.6 cm³/mol. The van der Waals surface area contributed by atoms with Crippen molar-refractivity contribution in [3.63, 3.8) is 0 Å². The Labute approximate surface area is 105 Å². The number of nitrogens with zero attached hydrogens (tertiary/aromatic N) is 1. The maximum atomic E-state index is 11.9. The topological polar surface area (TPSA) is 79.3 Å². The zero-order valence-corrected chi connectivity index (χ0v) is 10.0. The minimum atomic E-state index is -0.796. The molecule has 1 aliphatic carbocycles. The highest BCUT2D eigenvalue weighted by Crippen LogP contribution is 2.31. The summed E-state index contributed by atoms with van der Waals surface area (Å²) in [6.45, 7) is 0.397. The van der Waals surface area contributed by atoms with E-state index < -0.39 is 5.97 Å². The Kier molecular flexibility index (Phi) is 3.92. The van der Waals surface area contributed by atoms with E-state index in [9.17, 15) is 9.59 Å². The van der Waals surface area contributed by atoms with Crippen LogP contribution in [-0.2, 0) is 16.1 Å². The number of nitrogens with one attached hydrogen (secondary N) is 1. The van der Waals surface area contributed by atoms with Gasteiger partial charge in [-0.05, 0) is 31.4 Å². The maximum Gasteiger partial charge on any atom is 0.306 e. The van der Waals surface area contributed by atoms with Crippen LogP contribution in [0.5, 0.6) is 0 Å². The molecule has 0 aromatic carbocycles. The lowest BCUT2D eigenvalue weighted by Crippen LogP contribution is -2.29. The number of rotatable bonds is 4. The van der Waals surface area contributed by atoms with E-state index in [0.29, 0.717) is 25.8 Å². The third-order valence-corrected chi connectivity index (χ3v) is 3.32. The Bertz CT molecular complexity index is 433. The smallest absolute Gasteiger partial charge is 0.306 e. The molecule has 1 fully saturated rings. The summed E-state index contributed by atoms with van der Waals surface area (Å²) in [5.74, 6) is -1.40. The second-order valence-corrected chi connectivity index (χ2v) is 4.58. The minimum absolute atomic E-state index is 0.0654. The molecule has 2 atom stereocenters. The summed E-state index contributed by atoms with van der Waals surface area (Å²) in [4.78, 5) is 26.8. The zero-order valence-electron chi connectivity index (χ0n) is 10.0. The van der Waals surface area contributed by atoms with Crippen LogP contribution in [0, 0.1) is 11.8 Å². The molecule has 5 nitrogen and oxygen atoms in total. The molecule has 1 aromatic heterocycles. The molecule has 0 radical (unpaired) electrons. The maximum absolute atomic E-state index is 11.9. The number of hydrogen-bond donors (Lipinski definition) is 2. The molecule has 0 saturated heterocycles. The fourth-order valence-electron chi connectivity index (χ4n) is 2.27. The van der Waals surface area contributed by atoms with Gasteiger partial charge >= 0.3 is 5.97 Å². The monoisotopic (exact) mass is 248 g/mol. The first-order valence-electron chi connectivity index (χ1n) is 6.07. The van der Waals surface area contributed by atoms with Crippen LogP contribution in [0.25, 0.3) is 0 Å². The zero-order chi connectivity index (χ0) is 13.0. The highest BCUT2D eigenvalue weighted by atomic mass is 16.4. The summed E-state index contributed by atoms with van der Waals surface area (Å²) < 4.78 is 0. The first kappa shape index (κ1) is 12.5. The van der Waals surface area contributed by atoms with Gasteiger partial charge in [-0.15, -0.1) is 0 Å². The minimum Gasteiger partial charge on any atom is -0.481 e. The average molecular weight is 248 g/mol. The van der Waals surface area contributed by atoms with Crippen LogP contribution >= 0.6 is 0 Å². The summed E-state index contributed by atoms with van der Waals surface area (Å²) in [7, 11) is 0. The van der Waals surface area contributed by atoms with Crippen molar-refractivity contribution in [3.8, 4) is 0 Å². The molecule has 96 valence electrons. The fourth-order valence-corrected chi connectivity index (χ4v) is 2.27.